The van der Waals surface area contributed by atoms with Gasteiger partial charge in [0.1, 0.15) is 5.78 Å². The van der Waals surface area contributed by atoms with E-state index in [1.807, 2.05) is 0 Å². The first kappa shape index (κ1) is 19.4. The van der Waals surface area contributed by atoms with Crippen LogP contribution < -0.4 is 5.73 Å². The minimum absolute atomic E-state index is 0.0203. The molecule has 0 radical (unpaired) electrons. The fraction of sp³-hybridized carbons (Fsp3) is 0.800. The first-order valence-electron chi connectivity index (χ1n) is 11.5. The molecule has 2 nitrogen and oxygen atoms in total. The minimum Gasteiger partial charge on any atom is -0.330 e. The van der Waals surface area contributed by atoms with Gasteiger partial charge in [-0.15, -0.1) is 0 Å². The van der Waals surface area contributed by atoms with Crippen LogP contribution >= 0.6 is 0 Å². The van der Waals surface area contributed by atoms with Crippen molar-refractivity contribution in [1.82, 2.24) is 0 Å². The lowest BCUT2D eigenvalue weighted by molar-refractivity contribution is -0.135. The zero-order chi connectivity index (χ0) is 19.2. The van der Waals surface area contributed by atoms with Gasteiger partial charge < -0.3 is 5.73 Å². The Hall–Kier alpha value is -0.890. The molecular weight excluding hydrogens is 330 g/mol. The lowest BCUT2D eigenvalue weighted by Crippen LogP contribution is -2.54. The van der Waals surface area contributed by atoms with Crippen molar-refractivity contribution in [3.8, 4) is 0 Å². The SMILES string of the molecule is C=C1C[C@@H]2[C@H](CC[C@]3(C)C(=O)CC[C@@H]23)[C@@]2(C)CC[C@@H](/C=C\CCCN)CC12. The molecule has 4 aliphatic carbocycles. The number of allylic oxidation sites excluding steroid dienone is 3. The van der Waals surface area contributed by atoms with E-state index in [4.69, 9.17) is 5.73 Å². The van der Waals surface area contributed by atoms with E-state index in [0.29, 0.717) is 29.0 Å². The summed E-state index contributed by atoms with van der Waals surface area (Å²) in [6, 6.07) is 0. The Balaban J connectivity index is 1.52. The standard InChI is InChI=1S/C25H39NO/c1-17-15-19-20-8-9-23(27)25(20,3)13-11-21(19)24(2)12-10-18(16-22(17)24)7-5-4-6-14-26/h5,7,18-22H,1,4,6,8-16,26H2,2-3H3/b7-5-/t18-,19+,20+,21+,22?,24-,25+/m1/s1. The maximum atomic E-state index is 12.6. The van der Waals surface area contributed by atoms with Crippen molar-refractivity contribution in [3.63, 3.8) is 0 Å². The highest BCUT2D eigenvalue weighted by atomic mass is 16.1. The number of ketones is 1. The summed E-state index contributed by atoms with van der Waals surface area (Å²) in [4.78, 5) is 12.6. The Kier molecular flexibility index (Phi) is 5.16. The molecule has 4 fully saturated rings. The van der Waals surface area contributed by atoms with Gasteiger partial charge in [0.15, 0.2) is 0 Å². The molecule has 0 heterocycles. The second-order valence-corrected chi connectivity index (χ2v) is 10.6. The normalized spacial score (nSPS) is 47.0. The third-order valence-corrected chi connectivity index (χ3v) is 9.36. The zero-order valence-electron chi connectivity index (χ0n) is 17.5. The lowest BCUT2D eigenvalue weighted by Gasteiger charge is -2.60. The highest BCUT2D eigenvalue weighted by molar-refractivity contribution is 5.87. The molecule has 0 bridgehead atoms. The summed E-state index contributed by atoms with van der Waals surface area (Å²) >= 11 is 0. The summed E-state index contributed by atoms with van der Waals surface area (Å²) in [6.07, 6.45) is 16.5. The van der Waals surface area contributed by atoms with Crippen molar-refractivity contribution in [1.29, 1.82) is 0 Å². The Morgan fingerprint density at radius 2 is 2.00 bits per heavy atom. The number of rotatable bonds is 4. The maximum absolute atomic E-state index is 12.6. The number of unbranched alkanes of at least 4 members (excludes halogenated alkanes) is 1. The van der Waals surface area contributed by atoms with Crippen LogP contribution in [0.5, 0.6) is 0 Å². The minimum atomic E-state index is -0.0203. The quantitative estimate of drug-likeness (QED) is 0.512. The molecule has 0 aromatic heterocycles. The number of carbonyl (C=O) groups is 1. The Morgan fingerprint density at radius 3 is 2.78 bits per heavy atom. The Bertz CT molecular complexity index is 636. The van der Waals surface area contributed by atoms with Crippen LogP contribution in [0, 0.1) is 40.4 Å². The summed E-state index contributed by atoms with van der Waals surface area (Å²) in [5.41, 5.74) is 7.51. The molecule has 7 atom stereocenters. The number of fused-ring (bicyclic) bond motifs is 5. The van der Waals surface area contributed by atoms with E-state index in [-0.39, 0.29) is 5.41 Å². The number of hydrogen-bond acceptors (Lipinski definition) is 2. The van der Waals surface area contributed by atoms with E-state index in [1.54, 1.807) is 0 Å². The van der Waals surface area contributed by atoms with E-state index in [9.17, 15) is 4.79 Å². The molecule has 0 saturated heterocycles. The first-order chi connectivity index (χ1) is 12.9. The van der Waals surface area contributed by atoms with Gasteiger partial charge in [0.05, 0.1) is 0 Å². The summed E-state index contributed by atoms with van der Waals surface area (Å²) in [7, 11) is 0. The molecule has 27 heavy (non-hydrogen) atoms. The van der Waals surface area contributed by atoms with Crippen LogP contribution in [0.1, 0.15) is 78.1 Å². The number of Topliss-reactive ketones (excluding diaryl/α,β-unsaturated/α-hetero) is 1. The molecule has 150 valence electrons. The average molecular weight is 370 g/mol. The van der Waals surface area contributed by atoms with Crippen molar-refractivity contribution >= 4 is 5.78 Å². The van der Waals surface area contributed by atoms with E-state index in [2.05, 4.69) is 32.6 Å². The van der Waals surface area contributed by atoms with Gasteiger partial charge in [0, 0.05) is 11.8 Å². The molecule has 1 unspecified atom stereocenters. The molecule has 4 aliphatic rings. The number of carbonyl (C=O) groups excluding carboxylic acids is 1. The molecule has 0 amide bonds. The van der Waals surface area contributed by atoms with Gasteiger partial charge in [0.2, 0.25) is 0 Å². The largest absolute Gasteiger partial charge is 0.330 e. The first-order valence-corrected chi connectivity index (χ1v) is 11.5. The summed E-state index contributed by atoms with van der Waals surface area (Å²) < 4.78 is 0. The van der Waals surface area contributed by atoms with Crippen molar-refractivity contribution < 1.29 is 4.79 Å². The molecule has 0 spiro atoms. The highest BCUT2D eigenvalue weighted by Crippen LogP contribution is 2.66. The van der Waals surface area contributed by atoms with Gasteiger partial charge in [0.25, 0.3) is 0 Å². The third-order valence-electron chi connectivity index (χ3n) is 9.36. The third kappa shape index (κ3) is 3.07. The Labute approximate surface area is 166 Å². The van der Waals surface area contributed by atoms with Crippen LogP contribution in [0.15, 0.2) is 24.3 Å². The number of hydrogen-bond donors (Lipinski definition) is 1. The van der Waals surface area contributed by atoms with Crippen molar-refractivity contribution in [2.24, 2.45) is 46.2 Å². The predicted octanol–water partition coefficient (Wildman–Crippen LogP) is 5.68. The monoisotopic (exact) mass is 369 g/mol. The predicted molar refractivity (Wildman–Crippen MR) is 112 cm³/mol. The van der Waals surface area contributed by atoms with Crippen molar-refractivity contribution in [2.45, 2.75) is 78.1 Å². The average Bonchev–Trinajstić information content (AvgIpc) is 2.95. The van der Waals surface area contributed by atoms with Gasteiger partial charge in [-0.05, 0) is 99.3 Å². The van der Waals surface area contributed by atoms with E-state index < -0.39 is 0 Å². The van der Waals surface area contributed by atoms with Crippen molar-refractivity contribution in [3.05, 3.63) is 24.3 Å². The molecule has 2 heteroatoms. The fourth-order valence-electron chi connectivity index (χ4n) is 7.74. The molecule has 4 saturated carbocycles. The molecule has 0 aromatic rings. The van der Waals surface area contributed by atoms with Crippen LogP contribution in [0.4, 0.5) is 0 Å². The second-order valence-electron chi connectivity index (χ2n) is 10.6. The van der Waals surface area contributed by atoms with Gasteiger partial charge in [-0.25, -0.2) is 0 Å². The van der Waals surface area contributed by atoms with Gasteiger partial charge >= 0.3 is 0 Å². The molecule has 0 aromatic carbocycles. The van der Waals surface area contributed by atoms with Crippen LogP contribution in [0.2, 0.25) is 0 Å². The Morgan fingerprint density at radius 1 is 1.19 bits per heavy atom. The molecule has 0 aliphatic heterocycles. The van der Waals surface area contributed by atoms with Crippen molar-refractivity contribution in [2.75, 3.05) is 6.54 Å². The second kappa shape index (κ2) is 7.17. The topological polar surface area (TPSA) is 43.1 Å². The van der Waals surface area contributed by atoms with Crippen LogP contribution in [-0.4, -0.2) is 12.3 Å². The summed E-state index contributed by atoms with van der Waals surface area (Å²) in [5, 5.41) is 0. The van der Waals surface area contributed by atoms with Gasteiger partial charge in [-0.3, -0.25) is 4.79 Å². The lowest BCUT2D eigenvalue weighted by atomic mass is 9.44. The maximum Gasteiger partial charge on any atom is 0.139 e. The smallest absolute Gasteiger partial charge is 0.139 e. The molecule has 4 rings (SSSR count). The van der Waals surface area contributed by atoms with E-state index in [1.165, 1.54) is 37.7 Å². The zero-order valence-corrected chi connectivity index (χ0v) is 17.5. The van der Waals surface area contributed by atoms with Gasteiger partial charge in [-0.2, -0.15) is 0 Å². The van der Waals surface area contributed by atoms with Crippen LogP contribution in [-0.2, 0) is 4.79 Å². The molecule has 2 N–H and O–H groups in total. The fourth-order valence-corrected chi connectivity index (χ4v) is 7.74. The van der Waals surface area contributed by atoms with E-state index >= 15 is 0 Å². The van der Waals surface area contributed by atoms with Crippen LogP contribution in [0.25, 0.3) is 0 Å². The van der Waals surface area contributed by atoms with Gasteiger partial charge in [-0.1, -0.05) is 38.2 Å². The van der Waals surface area contributed by atoms with E-state index in [0.717, 1.165) is 50.5 Å². The summed E-state index contributed by atoms with van der Waals surface area (Å²) in [6.45, 7) is 10.3. The highest BCUT2D eigenvalue weighted by Gasteiger charge is 2.60. The summed E-state index contributed by atoms with van der Waals surface area (Å²) in [5.74, 6) is 4.08. The van der Waals surface area contributed by atoms with Crippen LogP contribution in [0.3, 0.4) is 0 Å². The molecular formula is C25H39NO. The number of nitrogens with two attached hydrogens (primary N) is 1.